The third-order valence-corrected chi connectivity index (χ3v) is 4.92. The van der Waals surface area contributed by atoms with Gasteiger partial charge in [-0.25, -0.2) is 4.68 Å². The van der Waals surface area contributed by atoms with Gasteiger partial charge in [-0.05, 0) is 63.6 Å². The minimum absolute atomic E-state index is 0.147. The molecule has 1 N–H and O–H groups in total. The molecule has 1 heterocycles. The number of allylic oxidation sites excluding steroid dienone is 2. The van der Waals surface area contributed by atoms with Gasteiger partial charge < -0.3 is 10.1 Å². The zero-order chi connectivity index (χ0) is 20.6. The Morgan fingerprint density at radius 2 is 2.10 bits per heavy atom. The Morgan fingerprint density at radius 3 is 2.76 bits per heavy atom. The summed E-state index contributed by atoms with van der Waals surface area (Å²) in [6, 6.07) is 10.3. The molecule has 29 heavy (non-hydrogen) atoms. The molecule has 1 aromatic heterocycles. The first kappa shape index (κ1) is 20.6. The number of ether oxygens (including phenoxy) is 1. The number of nitrogens with one attached hydrogen (secondary N) is 1. The topological polar surface area (TPSA) is 92.8 Å². The van der Waals surface area contributed by atoms with Crippen LogP contribution < -0.4 is 10.1 Å². The van der Waals surface area contributed by atoms with Crippen LogP contribution in [0.15, 0.2) is 30.3 Å². The number of aromatic nitrogens is 3. The highest BCUT2D eigenvalue weighted by molar-refractivity contribution is 5.93. The Kier molecular flexibility index (Phi) is 7.01. The maximum Gasteiger partial charge on any atom is 0.273 e. The van der Waals surface area contributed by atoms with Crippen LogP contribution in [0.2, 0.25) is 0 Å². The number of nitrogens with zero attached hydrogens (tertiary/aromatic N) is 4. The molecule has 1 aliphatic rings. The van der Waals surface area contributed by atoms with E-state index in [1.165, 1.54) is 0 Å². The molecule has 0 saturated heterocycles. The van der Waals surface area contributed by atoms with E-state index in [2.05, 4.69) is 21.7 Å². The van der Waals surface area contributed by atoms with Gasteiger partial charge in [-0.15, -0.1) is 5.10 Å². The van der Waals surface area contributed by atoms with Crippen LogP contribution in [-0.4, -0.2) is 33.5 Å². The van der Waals surface area contributed by atoms with Crippen molar-refractivity contribution in [2.45, 2.75) is 58.4 Å². The average molecular weight is 393 g/mol. The van der Waals surface area contributed by atoms with Crippen molar-refractivity contribution < 1.29 is 9.53 Å². The summed E-state index contributed by atoms with van der Waals surface area (Å²) in [5.74, 6) is 0.653. The van der Waals surface area contributed by atoms with Gasteiger partial charge in [0.25, 0.3) is 5.91 Å². The van der Waals surface area contributed by atoms with Crippen molar-refractivity contribution in [3.63, 3.8) is 0 Å². The molecular weight excluding hydrogens is 366 g/mol. The van der Waals surface area contributed by atoms with Crippen LogP contribution in [0, 0.1) is 11.3 Å². The van der Waals surface area contributed by atoms with Crippen molar-refractivity contribution in [3.05, 3.63) is 47.3 Å². The molecule has 1 saturated carbocycles. The van der Waals surface area contributed by atoms with Crippen LogP contribution in [0.4, 0.5) is 0 Å². The van der Waals surface area contributed by atoms with Crippen LogP contribution in [-0.2, 0) is 12.8 Å². The van der Waals surface area contributed by atoms with Gasteiger partial charge in [-0.1, -0.05) is 23.4 Å². The van der Waals surface area contributed by atoms with Crippen molar-refractivity contribution in [2.24, 2.45) is 0 Å². The van der Waals surface area contributed by atoms with Crippen LogP contribution >= 0.6 is 0 Å². The Balaban J connectivity index is 1.58. The van der Waals surface area contributed by atoms with Crippen molar-refractivity contribution in [1.29, 1.82) is 5.26 Å². The quantitative estimate of drug-likeness (QED) is 0.624. The summed E-state index contributed by atoms with van der Waals surface area (Å²) < 4.78 is 7.58. The lowest BCUT2D eigenvalue weighted by Gasteiger charge is -2.10. The summed E-state index contributed by atoms with van der Waals surface area (Å²) in [7, 11) is 0. The molecule has 3 rings (SSSR count). The van der Waals surface area contributed by atoms with Crippen molar-refractivity contribution in [3.8, 4) is 11.8 Å². The molecule has 7 heteroatoms. The van der Waals surface area contributed by atoms with Crippen molar-refractivity contribution in [2.75, 3.05) is 6.61 Å². The summed E-state index contributed by atoms with van der Waals surface area (Å²) in [6.07, 6.45) is 6.67. The average Bonchev–Trinajstić information content (AvgIpc) is 3.45. The van der Waals surface area contributed by atoms with E-state index in [4.69, 9.17) is 10.00 Å². The van der Waals surface area contributed by atoms with Crippen LogP contribution in [0.25, 0.3) is 5.70 Å². The normalized spacial score (nSPS) is 13.8. The molecule has 0 radical (unpaired) electrons. The fourth-order valence-electron chi connectivity index (χ4n) is 2.97. The molecule has 2 aromatic rings. The minimum atomic E-state index is -0.147. The largest absolute Gasteiger partial charge is 0.494 e. The predicted molar refractivity (Wildman–Crippen MR) is 110 cm³/mol. The highest BCUT2D eigenvalue weighted by Gasteiger charge is 2.27. The number of carbonyl (C=O) groups is 1. The number of hydrogen-bond donors (Lipinski definition) is 1. The fourth-order valence-corrected chi connectivity index (χ4v) is 2.97. The second-order valence-electron chi connectivity index (χ2n) is 7.23. The van der Waals surface area contributed by atoms with Gasteiger partial charge in [0, 0.05) is 18.2 Å². The first-order valence-corrected chi connectivity index (χ1v) is 10.1. The van der Waals surface area contributed by atoms with E-state index < -0.39 is 0 Å². The molecule has 7 nitrogen and oxygen atoms in total. The molecule has 0 unspecified atom stereocenters. The number of carbonyl (C=O) groups excluding carboxylic acids is 1. The molecule has 1 aliphatic carbocycles. The summed E-state index contributed by atoms with van der Waals surface area (Å²) in [5, 5.41) is 20.0. The first-order chi connectivity index (χ1) is 14.1. The highest BCUT2D eigenvalue weighted by Crippen LogP contribution is 2.21. The third kappa shape index (κ3) is 5.67. The Labute approximate surface area is 171 Å². The number of aryl methyl sites for hydroxylation is 1. The van der Waals surface area contributed by atoms with Crippen LogP contribution in [0.1, 0.15) is 61.3 Å². The maximum atomic E-state index is 12.5. The summed E-state index contributed by atoms with van der Waals surface area (Å²) in [5.41, 5.74) is 3.28. The van der Waals surface area contributed by atoms with Crippen LogP contribution in [0.5, 0.6) is 5.75 Å². The SMILES string of the molecule is C/C=C(\C)n1nnc(C(=O)NC2CC2)c1CCCOc1ccc(CCC#N)cc1. The van der Waals surface area contributed by atoms with Gasteiger partial charge >= 0.3 is 0 Å². The van der Waals surface area contributed by atoms with Gasteiger partial charge in [0.2, 0.25) is 0 Å². The standard InChI is InChI=1S/C22H27N5O2/c1-3-16(2)27-20(21(25-26-27)22(28)24-18-10-11-18)7-5-15-29-19-12-8-17(9-13-19)6-4-14-23/h3,8-9,12-13,18H,4-7,10-11,15H2,1-2H3,(H,24,28)/b16-3+. The summed E-state index contributed by atoms with van der Waals surface area (Å²) in [6.45, 7) is 4.42. The number of rotatable bonds is 10. The highest BCUT2D eigenvalue weighted by atomic mass is 16.5. The molecule has 1 fully saturated rings. The van der Waals surface area contributed by atoms with Gasteiger partial charge in [0.1, 0.15) is 5.75 Å². The lowest BCUT2D eigenvalue weighted by molar-refractivity contribution is 0.0945. The molecule has 0 atom stereocenters. The van der Waals surface area contributed by atoms with Crippen LogP contribution in [0.3, 0.4) is 0 Å². The van der Waals surface area contributed by atoms with E-state index >= 15 is 0 Å². The number of nitriles is 1. The summed E-state index contributed by atoms with van der Waals surface area (Å²) >= 11 is 0. The lowest BCUT2D eigenvalue weighted by Crippen LogP contribution is -2.27. The van der Waals surface area contributed by atoms with Gasteiger partial charge in [-0.2, -0.15) is 5.26 Å². The van der Waals surface area contributed by atoms with E-state index in [0.29, 0.717) is 25.1 Å². The molecule has 0 spiro atoms. The van der Waals surface area contributed by atoms with Crippen molar-refractivity contribution in [1.82, 2.24) is 20.3 Å². The molecule has 0 aliphatic heterocycles. The second-order valence-corrected chi connectivity index (χ2v) is 7.23. The number of amides is 1. The lowest BCUT2D eigenvalue weighted by atomic mass is 10.1. The molecule has 1 amide bonds. The molecule has 1 aromatic carbocycles. The van der Waals surface area contributed by atoms with Crippen molar-refractivity contribution >= 4 is 11.6 Å². The number of hydrogen-bond acceptors (Lipinski definition) is 5. The molecule has 152 valence electrons. The fraction of sp³-hybridized carbons (Fsp3) is 0.455. The van der Waals surface area contributed by atoms with Gasteiger partial charge in [0.15, 0.2) is 5.69 Å². The Hall–Kier alpha value is -3.14. The first-order valence-electron chi connectivity index (χ1n) is 10.1. The number of benzene rings is 1. The van der Waals surface area contributed by atoms with Gasteiger partial charge in [0.05, 0.1) is 18.4 Å². The van der Waals surface area contributed by atoms with E-state index in [-0.39, 0.29) is 11.9 Å². The third-order valence-electron chi connectivity index (χ3n) is 4.92. The van der Waals surface area contributed by atoms with E-state index in [1.807, 2.05) is 44.2 Å². The van der Waals surface area contributed by atoms with E-state index in [1.54, 1.807) is 4.68 Å². The maximum absolute atomic E-state index is 12.5. The van der Waals surface area contributed by atoms with Gasteiger partial charge in [-0.3, -0.25) is 4.79 Å². The monoisotopic (exact) mass is 393 g/mol. The zero-order valence-corrected chi connectivity index (χ0v) is 17.0. The van der Waals surface area contributed by atoms with E-state index in [9.17, 15) is 4.79 Å². The van der Waals surface area contributed by atoms with E-state index in [0.717, 1.165) is 48.4 Å². The second kappa shape index (κ2) is 9.87. The Bertz CT molecular complexity index is 904. The molecular formula is C22H27N5O2. The molecule has 0 bridgehead atoms. The predicted octanol–water partition coefficient (Wildman–Crippen LogP) is 3.52. The smallest absolute Gasteiger partial charge is 0.273 e. The Morgan fingerprint density at radius 1 is 1.34 bits per heavy atom. The summed E-state index contributed by atoms with van der Waals surface area (Å²) in [4.78, 5) is 12.5. The minimum Gasteiger partial charge on any atom is -0.494 e. The zero-order valence-electron chi connectivity index (χ0n) is 17.0.